The minimum absolute atomic E-state index is 0.0765. The van der Waals surface area contributed by atoms with E-state index in [2.05, 4.69) is 29.9 Å². The molecule has 0 aliphatic carbocycles. The first kappa shape index (κ1) is 52.6. The van der Waals surface area contributed by atoms with Crippen molar-refractivity contribution in [3.63, 3.8) is 0 Å². The fraction of sp³-hybridized carbons (Fsp3) is 0.409. The lowest BCUT2D eigenvalue weighted by Gasteiger charge is -2.25. The molecule has 0 fully saturated rings. The maximum absolute atomic E-state index is 13.4. The van der Waals surface area contributed by atoms with Gasteiger partial charge in [0.2, 0.25) is 23.4 Å². The van der Waals surface area contributed by atoms with Gasteiger partial charge in [-0.1, -0.05) is 19.9 Å². The van der Waals surface area contributed by atoms with Gasteiger partial charge in [-0.3, -0.25) is 33.3 Å². The maximum Gasteiger partial charge on any atom is 0.524 e. The van der Waals surface area contributed by atoms with Gasteiger partial charge in [-0.15, -0.1) is 0 Å². The first-order valence-electron chi connectivity index (χ1n) is 21.2. The van der Waals surface area contributed by atoms with Crippen molar-refractivity contribution in [2.24, 2.45) is 0 Å². The third kappa shape index (κ3) is 13.0. The topological polar surface area (TPSA) is 269 Å². The summed E-state index contributed by atoms with van der Waals surface area (Å²) in [5, 5.41) is 7.65. The molecule has 0 saturated heterocycles. The van der Waals surface area contributed by atoms with Crippen LogP contribution in [0.1, 0.15) is 96.3 Å². The lowest BCUT2D eigenvalue weighted by molar-refractivity contribution is -0.438. The van der Waals surface area contributed by atoms with Crippen molar-refractivity contribution in [3.8, 4) is 5.75 Å². The normalized spacial score (nSPS) is 16.1. The number of phosphoric ester groups is 1. The lowest BCUT2D eigenvalue weighted by atomic mass is 9.81. The van der Waals surface area contributed by atoms with E-state index in [9.17, 15) is 53.7 Å². The molecule has 5 rings (SSSR count). The van der Waals surface area contributed by atoms with Crippen molar-refractivity contribution >= 4 is 68.6 Å². The molecule has 0 aromatic heterocycles. The third-order valence-corrected chi connectivity index (χ3v) is 13.7. The van der Waals surface area contributed by atoms with Crippen LogP contribution in [-0.4, -0.2) is 89.9 Å². The molecular formula is C44H55F2N5O13PS2+. The zero-order valence-electron chi connectivity index (χ0n) is 37.5. The lowest BCUT2D eigenvalue weighted by Crippen LogP contribution is -2.34. The number of allylic oxidation sites excluding steroid dienone is 4. The van der Waals surface area contributed by atoms with Crippen LogP contribution in [0.2, 0.25) is 0 Å². The van der Waals surface area contributed by atoms with Crippen LogP contribution in [0.5, 0.6) is 5.75 Å². The molecule has 0 bridgehead atoms. The Morgan fingerprint density at radius 3 is 2.00 bits per heavy atom. The molecule has 3 amide bonds. The Labute approximate surface area is 387 Å². The van der Waals surface area contributed by atoms with E-state index < -0.39 is 68.4 Å². The first-order valence-corrected chi connectivity index (χ1v) is 25.6. The van der Waals surface area contributed by atoms with Gasteiger partial charge in [0.15, 0.2) is 5.71 Å². The van der Waals surface area contributed by atoms with E-state index >= 15 is 0 Å². The van der Waals surface area contributed by atoms with E-state index in [1.165, 1.54) is 24.3 Å². The summed E-state index contributed by atoms with van der Waals surface area (Å²) < 4.78 is 112. The molecule has 0 radical (unpaired) electrons. The van der Waals surface area contributed by atoms with Crippen LogP contribution in [-0.2, 0) is 50.0 Å². The number of carbonyl (C=O) groups is 3. The highest BCUT2D eigenvalue weighted by atomic mass is 32.2. The number of nitrogens with zero attached hydrogens (tertiary/aromatic N) is 2. The third-order valence-electron chi connectivity index (χ3n) is 11.5. The molecular weight excluding hydrogens is 940 g/mol. The van der Waals surface area contributed by atoms with Gasteiger partial charge in [0.25, 0.3) is 26.7 Å². The molecule has 0 spiro atoms. The molecule has 67 heavy (non-hydrogen) atoms. The van der Waals surface area contributed by atoms with E-state index in [1.807, 2.05) is 52.8 Å². The molecule has 364 valence electrons. The van der Waals surface area contributed by atoms with E-state index in [-0.39, 0.29) is 53.7 Å². The van der Waals surface area contributed by atoms with Crippen molar-refractivity contribution in [2.45, 2.75) is 100 Å². The summed E-state index contributed by atoms with van der Waals surface area (Å²) in [5.74, 6) is -2.17. The van der Waals surface area contributed by atoms with Gasteiger partial charge in [0.1, 0.15) is 12.3 Å². The predicted molar refractivity (Wildman–Crippen MR) is 245 cm³/mol. The molecule has 0 saturated carbocycles. The number of halogens is 2. The second-order valence-electron chi connectivity index (χ2n) is 16.9. The smallest absolute Gasteiger partial charge is 0.404 e. The van der Waals surface area contributed by atoms with Gasteiger partial charge in [0.05, 0.1) is 20.8 Å². The number of amides is 3. The molecule has 0 unspecified atom stereocenters. The zero-order chi connectivity index (χ0) is 49.7. The largest absolute Gasteiger partial charge is 0.524 e. The number of hydrogen-bond donors (Lipinski definition) is 7. The number of alkyl halides is 2. The van der Waals surface area contributed by atoms with Crippen LogP contribution >= 0.6 is 7.82 Å². The SMILES string of the molecule is CCN1/C(=C/C=C/C2=[N+](CCCCCC(=O)NCCNC(=O)CCC(=O)Nc3ccc(OP(=O)(O)O)c(C(F)F)c3)c3ccc(S(=O)(=O)O)cc3C2(C)C)C(C)(C)c2cc(S(=O)(=O)O)ccc21. The summed E-state index contributed by atoms with van der Waals surface area (Å²) in [4.78, 5) is 56.8. The number of phosphoric acid groups is 1. The molecule has 3 aromatic carbocycles. The Kier molecular flexibility index (Phi) is 16.4. The van der Waals surface area contributed by atoms with Gasteiger partial charge in [-0.2, -0.15) is 21.4 Å². The molecule has 2 heterocycles. The Morgan fingerprint density at radius 1 is 0.806 bits per heavy atom. The number of fused-ring (bicyclic) bond motifs is 2. The van der Waals surface area contributed by atoms with Crippen LogP contribution in [0.3, 0.4) is 0 Å². The number of carbonyl (C=O) groups excluding carboxylic acids is 3. The summed E-state index contributed by atoms with van der Waals surface area (Å²) in [6.45, 7) is 11.1. The minimum Gasteiger partial charge on any atom is -0.404 e. The van der Waals surface area contributed by atoms with Crippen molar-refractivity contribution < 1.29 is 72.6 Å². The van der Waals surface area contributed by atoms with E-state index in [4.69, 9.17) is 9.79 Å². The highest BCUT2D eigenvalue weighted by Gasteiger charge is 2.45. The molecule has 23 heteroatoms. The minimum atomic E-state index is -5.11. The van der Waals surface area contributed by atoms with Crippen LogP contribution in [0.4, 0.5) is 25.8 Å². The van der Waals surface area contributed by atoms with E-state index in [0.717, 1.165) is 46.5 Å². The second-order valence-corrected chi connectivity index (χ2v) is 21.0. The predicted octanol–water partition coefficient (Wildman–Crippen LogP) is 6.43. The van der Waals surface area contributed by atoms with Gasteiger partial charge >= 0.3 is 7.82 Å². The fourth-order valence-corrected chi connectivity index (χ4v) is 9.65. The number of anilines is 2. The first-order chi connectivity index (χ1) is 31.1. The summed E-state index contributed by atoms with van der Waals surface area (Å²) in [6, 6.07) is 11.8. The quantitative estimate of drug-likeness (QED) is 0.0262. The number of nitrogens with one attached hydrogen (secondary N) is 3. The summed E-state index contributed by atoms with van der Waals surface area (Å²) in [6.07, 6.45) is 4.12. The van der Waals surface area contributed by atoms with E-state index in [1.54, 1.807) is 12.1 Å². The number of likely N-dealkylation sites (N-methyl/N-ethyl adjacent to an activating group) is 1. The molecule has 18 nitrogen and oxygen atoms in total. The molecule has 0 atom stereocenters. The van der Waals surface area contributed by atoms with Crippen LogP contribution < -0.4 is 25.4 Å². The summed E-state index contributed by atoms with van der Waals surface area (Å²) >= 11 is 0. The Morgan fingerprint density at radius 2 is 1.40 bits per heavy atom. The van der Waals surface area contributed by atoms with Gasteiger partial charge in [-0.25, -0.2) is 13.3 Å². The van der Waals surface area contributed by atoms with Crippen LogP contribution in [0, 0.1) is 0 Å². The Bertz CT molecular complexity index is 2790. The van der Waals surface area contributed by atoms with Crippen LogP contribution in [0.25, 0.3) is 0 Å². The molecule has 2 aliphatic rings. The number of benzene rings is 3. The van der Waals surface area contributed by atoms with Crippen molar-refractivity contribution in [1.29, 1.82) is 0 Å². The van der Waals surface area contributed by atoms with Gasteiger partial charge in [-0.05, 0) is 93.8 Å². The van der Waals surface area contributed by atoms with E-state index in [0.29, 0.717) is 37.9 Å². The Balaban J connectivity index is 1.14. The standard InChI is InChI=1S/C44H54F2N5O13PS2/c1-6-50-34-17-15-29(66(58,59)60)26-32(34)43(2,3)37(50)11-10-12-38-44(4,5)33-27-30(67(61,62)63)16-18-35(33)51(38)24-9-7-8-13-39(52)47-22-23-48-40(53)20-21-41(54)49-28-14-19-36(64-65(55,56)57)31(25-28)42(45)46/h10-12,14-19,25-27,42H,6-9,13,20-24H2,1-5H3,(H6-,47,48,49,52,53,54,55,56,57,58,59,60,61,62,63)/p+1. The number of unbranched alkanes of at least 4 members (excludes halogenated alkanes) is 2. The maximum atomic E-state index is 13.4. The summed E-state index contributed by atoms with van der Waals surface area (Å²) in [5.41, 5.74) is 2.47. The van der Waals surface area contributed by atoms with Gasteiger partial charge < -0.3 is 25.4 Å². The molecule has 3 aromatic rings. The zero-order valence-corrected chi connectivity index (χ0v) is 40.0. The monoisotopic (exact) mass is 994 g/mol. The Hall–Kier alpha value is -5.35. The average molecular weight is 995 g/mol. The number of rotatable bonds is 21. The summed E-state index contributed by atoms with van der Waals surface area (Å²) in [7, 11) is -14.0. The van der Waals surface area contributed by atoms with Crippen LogP contribution in [0.15, 0.2) is 88.3 Å². The average Bonchev–Trinajstić information content (AvgIpc) is 3.58. The van der Waals surface area contributed by atoms with Crippen molar-refractivity contribution in [2.75, 3.05) is 36.4 Å². The molecule has 7 N–H and O–H groups in total. The van der Waals surface area contributed by atoms with Crippen molar-refractivity contribution in [3.05, 3.63) is 95.2 Å². The fourth-order valence-electron chi connectivity index (χ4n) is 8.21. The van der Waals surface area contributed by atoms with Gasteiger partial charge in [0, 0.05) is 85.5 Å². The second kappa shape index (κ2) is 20.9. The highest BCUT2D eigenvalue weighted by Crippen LogP contribution is 2.49. The number of hydrogen-bond acceptors (Lipinski definition) is 10. The highest BCUT2D eigenvalue weighted by molar-refractivity contribution is 7.86. The molecule has 2 aliphatic heterocycles. The van der Waals surface area contributed by atoms with Crippen molar-refractivity contribution in [1.82, 2.24) is 10.6 Å².